The first-order valence-electron chi connectivity index (χ1n) is 8.46. The molecule has 1 atom stereocenters. The number of nitrogens with one attached hydrogen (secondary N) is 2. The largest absolute Gasteiger partial charge is 0.343 e. The van der Waals surface area contributed by atoms with Crippen molar-refractivity contribution in [2.75, 3.05) is 10.6 Å². The van der Waals surface area contributed by atoms with Crippen molar-refractivity contribution < 1.29 is 4.79 Å². The summed E-state index contributed by atoms with van der Waals surface area (Å²) in [6, 6.07) is 13.4. The Balaban J connectivity index is 1.79. The van der Waals surface area contributed by atoms with Crippen LogP contribution in [0, 0.1) is 18.3 Å². The number of allylic oxidation sites excluding steroid dienone is 1. The molecule has 134 valence electrons. The maximum Gasteiger partial charge on any atom is 0.255 e. The molecule has 0 aliphatic carbocycles. The minimum atomic E-state index is -0.382. The quantitative estimate of drug-likeness (QED) is 0.723. The van der Waals surface area contributed by atoms with Gasteiger partial charge in [0.25, 0.3) is 5.91 Å². The smallest absolute Gasteiger partial charge is 0.255 e. The van der Waals surface area contributed by atoms with Gasteiger partial charge in [0, 0.05) is 16.3 Å². The van der Waals surface area contributed by atoms with Crippen molar-refractivity contribution in [1.29, 1.82) is 5.26 Å². The molecule has 0 radical (unpaired) electrons. The van der Waals surface area contributed by atoms with Gasteiger partial charge in [-0.2, -0.15) is 10.4 Å². The van der Waals surface area contributed by atoms with Crippen LogP contribution in [0.5, 0.6) is 0 Å². The Morgan fingerprint density at radius 2 is 2.11 bits per heavy atom. The van der Waals surface area contributed by atoms with E-state index in [9.17, 15) is 10.1 Å². The first kappa shape index (κ1) is 17.1. The Morgan fingerprint density at radius 3 is 2.81 bits per heavy atom. The van der Waals surface area contributed by atoms with Crippen LogP contribution >= 0.6 is 11.3 Å². The molecule has 0 saturated carbocycles. The number of carbonyl (C=O) groups excluding carboxylic acids is 1. The summed E-state index contributed by atoms with van der Waals surface area (Å²) in [5.41, 5.74) is 3.52. The Hall–Kier alpha value is -3.37. The molecule has 0 unspecified atom stereocenters. The maximum absolute atomic E-state index is 13.2. The fraction of sp³-hybridized carbons (Fsp3) is 0.150. The molecule has 0 bridgehead atoms. The molecular weight excluding hydrogens is 358 g/mol. The normalized spacial score (nSPS) is 15.7. The van der Waals surface area contributed by atoms with E-state index >= 15 is 0 Å². The van der Waals surface area contributed by atoms with Crippen LogP contribution < -0.4 is 10.6 Å². The number of aromatic nitrogens is 2. The highest BCUT2D eigenvalue weighted by molar-refractivity contribution is 7.10. The summed E-state index contributed by atoms with van der Waals surface area (Å²) in [7, 11) is 0. The summed E-state index contributed by atoms with van der Waals surface area (Å²) in [4.78, 5) is 14.2. The van der Waals surface area contributed by atoms with E-state index < -0.39 is 0 Å². The lowest BCUT2D eigenvalue weighted by Gasteiger charge is -2.29. The minimum Gasteiger partial charge on any atom is -0.343 e. The molecule has 3 aromatic rings. The summed E-state index contributed by atoms with van der Waals surface area (Å²) >= 11 is 1.56. The first-order chi connectivity index (χ1) is 13.1. The molecule has 7 heteroatoms. The van der Waals surface area contributed by atoms with Crippen molar-refractivity contribution in [2.24, 2.45) is 0 Å². The van der Waals surface area contributed by atoms with Crippen molar-refractivity contribution in [1.82, 2.24) is 9.78 Å². The number of thiophene rings is 1. The zero-order valence-electron chi connectivity index (χ0n) is 14.9. The zero-order chi connectivity index (χ0) is 19.0. The molecule has 2 N–H and O–H groups in total. The highest BCUT2D eigenvalue weighted by atomic mass is 32.1. The van der Waals surface area contributed by atoms with Gasteiger partial charge >= 0.3 is 0 Å². The third-order valence-electron chi connectivity index (χ3n) is 4.59. The topological polar surface area (TPSA) is 82.7 Å². The van der Waals surface area contributed by atoms with Crippen LogP contribution in [0.3, 0.4) is 0 Å². The molecule has 1 aliphatic rings. The second-order valence-corrected chi connectivity index (χ2v) is 7.29. The Bertz CT molecular complexity index is 1090. The zero-order valence-corrected chi connectivity index (χ0v) is 15.7. The number of amides is 1. The third kappa shape index (κ3) is 2.90. The van der Waals surface area contributed by atoms with E-state index in [1.54, 1.807) is 16.0 Å². The Kier molecular flexibility index (Phi) is 4.26. The number of fused-ring (bicyclic) bond motifs is 1. The van der Waals surface area contributed by atoms with E-state index in [4.69, 9.17) is 0 Å². The number of nitrogens with zero attached hydrogens (tertiary/aromatic N) is 3. The number of hydrogen-bond acceptors (Lipinski definition) is 5. The average molecular weight is 375 g/mol. The SMILES string of the molecule is CC1=C(C(=O)Nc2ccccc2C)[C@@H](c2cccs2)n2ncc(C#N)c2N1. The number of benzene rings is 1. The second kappa shape index (κ2) is 6.74. The molecule has 3 heterocycles. The van der Waals surface area contributed by atoms with Crippen LogP contribution in [0.15, 0.2) is 59.2 Å². The van der Waals surface area contributed by atoms with Gasteiger partial charge in [-0.15, -0.1) is 11.3 Å². The summed E-state index contributed by atoms with van der Waals surface area (Å²) in [6.45, 7) is 3.81. The van der Waals surface area contributed by atoms with Crippen molar-refractivity contribution in [3.63, 3.8) is 0 Å². The van der Waals surface area contributed by atoms with E-state index in [-0.39, 0.29) is 11.9 Å². The lowest BCUT2D eigenvalue weighted by Crippen LogP contribution is -2.31. The number of rotatable bonds is 3. The van der Waals surface area contributed by atoms with E-state index in [2.05, 4.69) is 21.8 Å². The van der Waals surface area contributed by atoms with E-state index in [0.29, 0.717) is 22.7 Å². The van der Waals surface area contributed by atoms with E-state index in [0.717, 1.165) is 16.1 Å². The van der Waals surface area contributed by atoms with Crippen LogP contribution in [0.1, 0.15) is 29.0 Å². The molecule has 2 aromatic heterocycles. The lowest BCUT2D eigenvalue weighted by molar-refractivity contribution is -0.113. The Labute approximate surface area is 160 Å². The van der Waals surface area contributed by atoms with Gasteiger partial charge in [-0.25, -0.2) is 4.68 Å². The van der Waals surface area contributed by atoms with Gasteiger partial charge in [-0.3, -0.25) is 4.79 Å². The number of aryl methyl sites for hydroxylation is 1. The van der Waals surface area contributed by atoms with Gasteiger partial charge in [0.1, 0.15) is 23.5 Å². The third-order valence-corrected chi connectivity index (χ3v) is 5.52. The van der Waals surface area contributed by atoms with Crippen LogP contribution in [0.4, 0.5) is 11.5 Å². The molecular formula is C20H17N5OS. The van der Waals surface area contributed by atoms with Crippen LogP contribution in [-0.2, 0) is 4.79 Å². The molecule has 27 heavy (non-hydrogen) atoms. The average Bonchev–Trinajstić information content (AvgIpc) is 3.32. The number of hydrogen-bond donors (Lipinski definition) is 2. The van der Waals surface area contributed by atoms with Crippen LogP contribution in [0.25, 0.3) is 0 Å². The monoisotopic (exact) mass is 375 g/mol. The molecule has 1 aromatic carbocycles. The first-order valence-corrected chi connectivity index (χ1v) is 9.34. The van der Waals surface area contributed by atoms with Crippen molar-refractivity contribution in [3.8, 4) is 6.07 Å². The van der Waals surface area contributed by atoms with Crippen molar-refractivity contribution >= 4 is 28.7 Å². The predicted octanol–water partition coefficient (Wildman–Crippen LogP) is 4.05. The predicted molar refractivity (Wildman–Crippen MR) is 106 cm³/mol. The van der Waals surface area contributed by atoms with Gasteiger partial charge in [0.15, 0.2) is 0 Å². The van der Waals surface area contributed by atoms with Gasteiger partial charge in [0.05, 0.1) is 11.8 Å². The molecule has 0 spiro atoms. The summed E-state index contributed by atoms with van der Waals surface area (Å²) in [5, 5.41) is 21.9. The molecule has 0 saturated heterocycles. The summed E-state index contributed by atoms with van der Waals surface area (Å²) in [5.74, 6) is 0.424. The summed E-state index contributed by atoms with van der Waals surface area (Å²) in [6.07, 6.45) is 1.53. The van der Waals surface area contributed by atoms with Gasteiger partial charge in [-0.05, 0) is 36.9 Å². The number of carbonyl (C=O) groups is 1. The number of nitriles is 1. The molecule has 1 amide bonds. The van der Waals surface area contributed by atoms with Gasteiger partial charge in [0.2, 0.25) is 0 Å². The van der Waals surface area contributed by atoms with Crippen molar-refractivity contribution in [2.45, 2.75) is 19.9 Å². The maximum atomic E-state index is 13.2. The number of anilines is 2. The lowest BCUT2D eigenvalue weighted by atomic mass is 10.00. The molecule has 6 nitrogen and oxygen atoms in total. The fourth-order valence-corrected chi connectivity index (χ4v) is 4.06. The van der Waals surface area contributed by atoms with E-state index in [1.807, 2.05) is 55.6 Å². The molecule has 0 fully saturated rings. The second-order valence-electron chi connectivity index (χ2n) is 6.31. The summed E-state index contributed by atoms with van der Waals surface area (Å²) < 4.78 is 1.71. The van der Waals surface area contributed by atoms with Crippen LogP contribution in [-0.4, -0.2) is 15.7 Å². The fourth-order valence-electron chi connectivity index (χ4n) is 3.24. The van der Waals surface area contributed by atoms with Gasteiger partial charge < -0.3 is 10.6 Å². The standard InChI is InChI=1S/C20H17N5OS/c1-12-6-3-4-7-15(12)24-20(26)17-13(2)23-19-14(10-21)11-22-25(19)18(17)16-8-5-9-27-16/h3-9,11,18,23H,1-2H3,(H,24,26)/t18-/m1/s1. The van der Waals surface area contributed by atoms with E-state index in [1.165, 1.54) is 6.20 Å². The van der Waals surface area contributed by atoms with Gasteiger partial charge in [-0.1, -0.05) is 24.3 Å². The minimum absolute atomic E-state index is 0.188. The van der Waals surface area contributed by atoms with Crippen LogP contribution in [0.2, 0.25) is 0 Å². The highest BCUT2D eigenvalue weighted by Crippen LogP contribution is 2.39. The molecule has 1 aliphatic heterocycles. The Morgan fingerprint density at radius 1 is 1.30 bits per heavy atom. The molecule has 4 rings (SSSR count). The van der Waals surface area contributed by atoms with Crippen molar-refractivity contribution in [3.05, 3.63) is 75.2 Å². The highest BCUT2D eigenvalue weighted by Gasteiger charge is 2.34. The number of para-hydroxylation sites is 1.